The maximum Gasteiger partial charge on any atom is 0.132 e. The van der Waals surface area contributed by atoms with Gasteiger partial charge in [-0.2, -0.15) is 10.2 Å². The Morgan fingerprint density at radius 1 is 1.29 bits per heavy atom. The summed E-state index contributed by atoms with van der Waals surface area (Å²) in [5.41, 5.74) is 3.15. The molecule has 0 unspecified atom stereocenters. The van der Waals surface area contributed by atoms with Crippen molar-refractivity contribution < 1.29 is 4.39 Å². The third kappa shape index (κ3) is 3.17. The van der Waals surface area contributed by atoms with Gasteiger partial charge in [0.2, 0.25) is 0 Å². The van der Waals surface area contributed by atoms with Crippen LogP contribution in [0.5, 0.6) is 0 Å². The highest BCUT2D eigenvalue weighted by Crippen LogP contribution is 2.20. The SMILES string of the molecule is Cn1cc(CNCc2cc(-c3ccccc3F)n[nH]2)cn1. The highest BCUT2D eigenvalue weighted by Gasteiger charge is 2.08. The smallest absolute Gasteiger partial charge is 0.132 e. The van der Waals surface area contributed by atoms with E-state index in [1.165, 1.54) is 6.07 Å². The molecule has 2 aromatic heterocycles. The van der Waals surface area contributed by atoms with E-state index in [0.717, 1.165) is 17.8 Å². The Bertz CT molecular complexity index is 731. The average molecular weight is 285 g/mol. The molecular formula is C15H16FN5. The Morgan fingerprint density at radius 2 is 2.14 bits per heavy atom. The summed E-state index contributed by atoms with van der Waals surface area (Å²) in [6.07, 6.45) is 3.79. The maximum atomic E-state index is 13.7. The highest BCUT2D eigenvalue weighted by molar-refractivity contribution is 5.59. The van der Waals surface area contributed by atoms with E-state index in [2.05, 4.69) is 20.6 Å². The fourth-order valence-corrected chi connectivity index (χ4v) is 2.16. The van der Waals surface area contributed by atoms with E-state index in [9.17, 15) is 4.39 Å². The second-order valence-electron chi connectivity index (χ2n) is 4.88. The summed E-state index contributed by atoms with van der Waals surface area (Å²) < 4.78 is 15.4. The monoisotopic (exact) mass is 285 g/mol. The number of nitrogens with zero attached hydrogens (tertiary/aromatic N) is 3. The van der Waals surface area contributed by atoms with Crippen LogP contribution in [0.4, 0.5) is 4.39 Å². The Hall–Kier alpha value is -2.47. The Kier molecular flexibility index (Phi) is 3.79. The average Bonchev–Trinajstić information content (AvgIpc) is 3.09. The van der Waals surface area contributed by atoms with Crippen molar-refractivity contribution in [2.24, 2.45) is 7.05 Å². The van der Waals surface area contributed by atoms with Gasteiger partial charge in [-0.05, 0) is 18.2 Å². The zero-order valence-electron chi connectivity index (χ0n) is 11.7. The molecule has 0 aliphatic heterocycles. The van der Waals surface area contributed by atoms with Crippen molar-refractivity contribution in [3.05, 3.63) is 59.8 Å². The van der Waals surface area contributed by atoms with Gasteiger partial charge in [-0.25, -0.2) is 4.39 Å². The summed E-state index contributed by atoms with van der Waals surface area (Å²) in [6.45, 7) is 1.36. The molecule has 2 N–H and O–H groups in total. The Labute approximate surface area is 121 Å². The molecule has 0 saturated carbocycles. The number of nitrogens with one attached hydrogen (secondary N) is 2. The molecule has 6 heteroatoms. The molecule has 1 aromatic carbocycles. The van der Waals surface area contributed by atoms with Gasteiger partial charge in [0, 0.05) is 43.2 Å². The highest BCUT2D eigenvalue weighted by atomic mass is 19.1. The van der Waals surface area contributed by atoms with Crippen LogP contribution in [0.15, 0.2) is 42.7 Å². The lowest BCUT2D eigenvalue weighted by atomic mass is 10.1. The first kappa shape index (κ1) is 13.5. The van der Waals surface area contributed by atoms with E-state index in [1.54, 1.807) is 22.9 Å². The minimum Gasteiger partial charge on any atom is -0.307 e. The van der Waals surface area contributed by atoms with Gasteiger partial charge in [-0.3, -0.25) is 9.78 Å². The van der Waals surface area contributed by atoms with Gasteiger partial charge in [0.05, 0.1) is 11.9 Å². The lowest BCUT2D eigenvalue weighted by Gasteiger charge is -1.99. The molecule has 0 atom stereocenters. The second-order valence-corrected chi connectivity index (χ2v) is 4.88. The second kappa shape index (κ2) is 5.88. The lowest BCUT2D eigenvalue weighted by Crippen LogP contribution is -2.12. The number of rotatable bonds is 5. The standard InChI is InChI=1S/C15H16FN5/c1-21-10-11(8-18-21)7-17-9-12-6-15(20-19-12)13-4-2-3-5-14(13)16/h2-6,8,10,17H,7,9H2,1H3,(H,19,20). The van der Waals surface area contributed by atoms with Gasteiger partial charge in [0.15, 0.2) is 0 Å². The maximum absolute atomic E-state index is 13.7. The molecular weight excluding hydrogens is 269 g/mol. The first-order valence-electron chi connectivity index (χ1n) is 6.70. The minimum atomic E-state index is -0.265. The lowest BCUT2D eigenvalue weighted by molar-refractivity contribution is 0.630. The molecule has 0 amide bonds. The largest absolute Gasteiger partial charge is 0.307 e. The van der Waals surface area contributed by atoms with E-state index in [-0.39, 0.29) is 5.82 Å². The van der Waals surface area contributed by atoms with Crippen LogP contribution in [-0.4, -0.2) is 20.0 Å². The number of hydrogen-bond donors (Lipinski definition) is 2. The summed E-state index contributed by atoms with van der Waals surface area (Å²) in [5.74, 6) is -0.265. The summed E-state index contributed by atoms with van der Waals surface area (Å²) >= 11 is 0. The quantitative estimate of drug-likeness (QED) is 0.756. The van der Waals surface area contributed by atoms with Crippen LogP contribution in [0.3, 0.4) is 0 Å². The Balaban J connectivity index is 1.62. The Morgan fingerprint density at radius 3 is 2.90 bits per heavy atom. The molecule has 2 heterocycles. The van der Waals surface area contributed by atoms with E-state index < -0.39 is 0 Å². The van der Waals surface area contributed by atoms with Crippen LogP contribution in [0.25, 0.3) is 11.3 Å². The number of H-pyrrole nitrogens is 1. The molecule has 108 valence electrons. The fraction of sp³-hybridized carbons (Fsp3) is 0.200. The summed E-state index contributed by atoms with van der Waals surface area (Å²) in [4.78, 5) is 0. The van der Waals surface area contributed by atoms with Crippen molar-refractivity contribution in [1.82, 2.24) is 25.3 Å². The molecule has 5 nitrogen and oxygen atoms in total. The van der Waals surface area contributed by atoms with Crippen LogP contribution in [0.2, 0.25) is 0 Å². The van der Waals surface area contributed by atoms with E-state index >= 15 is 0 Å². The molecule has 0 aliphatic carbocycles. The third-order valence-electron chi connectivity index (χ3n) is 3.18. The molecule has 3 aromatic rings. The summed E-state index contributed by atoms with van der Waals surface area (Å²) in [6, 6.07) is 8.48. The molecule has 3 rings (SSSR count). The van der Waals surface area contributed by atoms with Crippen molar-refractivity contribution in [1.29, 1.82) is 0 Å². The summed E-state index contributed by atoms with van der Waals surface area (Å²) in [5, 5.41) is 14.5. The van der Waals surface area contributed by atoms with E-state index in [1.807, 2.05) is 25.5 Å². The predicted molar refractivity (Wildman–Crippen MR) is 77.7 cm³/mol. The van der Waals surface area contributed by atoms with Crippen LogP contribution in [-0.2, 0) is 20.1 Å². The minimum absolute atomic E-state index is 0.265. The van der Waals surface area contributed by atoms with E-state index in [0.29, 0.717) is 17.8 Å². The van der Waals surface area contributed by atoms with Gasteiger partial charge in [0.25, 0.3) is 0 Å². The predicted octanol–water partition coefficient (Wildman–Crippen LogP) is 2.24. The number of halogens is 1. The van der Waals surface area contributed by atoms with Gasteiger partial charge in [-0.1, -0.05) is 12.1 Å². The molecule has 0 fully saturated rings. The zero-order chi connectivity index (χ0) is 14.7. The zero-order valence-corrected chi connectivity index (χ0v) is 11.7. The van der Waals surface area contributed by atoms with Gasteiger partial charge in [0.1, 0.15) is 5.82 Å². The van der Waals surface area contributed by atoms with Gasteiger partial charge < -0.3 is 5.32 Å². The number of benzene rings is 1. The van der Waals surface area contributed by atoms with Crippen molar-refractivity contribution >= 4 is 0 Å². The molecule has 0 spiro atoms. The van der Waals surface area contributed by atoms with Crippen molar-refractivity contribution in [3.63, 3.8) is 0 Å². The number of aromatic amines is 1. The first-order chi connectivity index (χ1) is 10.2. The normalized spacial score (nSPS) is 11.0. The van der Waals surface area contributed by atoms with Crippen LogP contribution in [0.1, 0.15) is 11.3 Å². The van der Waals surface area contributed by atoms with Gasteiger partial charge in [-0.15, -0.1) is 0 Å². The van der Waals surface area contributed by atoms with Crippen molar-refractivity contribution in [2.75, 3.05) is 0 Å². The van der Waals surface area contributed by atoms with Crippen molar-refractivity contribution in [3.8, 4) is 11.3 Å². The molecule has 0 bridgehead atoms. The molecule has 21 heavy (non-hydrogen) atoms. The molecule has 0 saturated heterocycles. The number of hydrogen-bond acceptors (Lipinski definition) is 3. The first-order valence-corrected chi connectivity index (χ1v) is 6.70. The molecule has 0 aliphatic rings. The van der Waals surface area contributed by atoms with E-state index in [4.69, 9.17) is 0 Å². The number of aryl methyl sites for hydroxylation is 1. The molecule has 0 radical (unpaired) electrons. The van der Waals surface area contributed by atoms with Crippen molar-refractivity contribution in [2.45, 2.75) is 13.1 Å². The van der Waals surface area contributed by atoms with Crippen LogP contribution < -0.4 is 5.32 Å². The van der Waals surface area contributed by atoms with Crippen LogP contribution in [0, 0.1) is 5.82 Å². The van der Waals surface area contributed by atoms with Gasteiger partial charge >= 0.3 is 0 Å². The van der Waals surface area contributed by atoms with Crippen LogP contribution >= 0.6 is 0 Å². The third-order valence-corrected chi connectivity index (χ3v) is 3.18. The fourth-order valence-electron chi connectivity index (χ4n) is 2.16. The topological polar surface area (TPSA) is 58.5 Å². The summed E-state index contributed by atoms with van der Waals surface area (Å²) in [7, 11) is 1.89. The number of aromatic nitrogens is 4.